The van der Waals surface area contributed by atoms with Crippen LogP contribution in [0.25, 0.3) is 0 Å². The lowest BCUT2D eigenvalue weighted by molar-refractivity contribution is -0.121. The molecule has 0 spiro atoms. The van der Waals surface area contributed by atoms with Crippen molar-refractivity contribution < 1.29 is 19.1 Å². The lowest BCUT2D eigenvalue weighted by Gasteiger charge is -2.17. The van der Waals surface area contributed by atoms with E-state index in [2.05, 4.69) is 10.7 Å². The Morgan fingerprint density at radius 1 is 1.50 bits per heavy atom. The predicted molar refractivity (Wildman–Crippen MR) is 82.6 cm³/mol. The number of hydrazine groups is 1. The molecule has 0 radical (unpaired) electrons. The second-order valence-electron chi connectivity index (χ2n) is 4.88. The monoisotopic (exact) mass is 325 g/mol. The van der Waals surface area contributed by atoms with Crippen LogP contribution in [0, 0.1) is 0 Å². The maximum Gasteiger partial charge on any atom is 0.341 e. The summed E-state index contributed by atoms with van der Waals surface area (Å²) in [6.45, 7) is 3.97. The van der Waals surface area contributed by atoms with Crippen molar-refractivity contribution >= 4 is 34.1 Å². The summed E-state index contributed by atoms with van der Waals surface area (Å²) in [4.78, 5) is 36.6. The van der Waals surface area contributed by atoms with Gasteiger partial charge in [0.05, 0.1) is 18.6 Å². The van der Waals surface area contributed by atoms with Crippen molar-refractivity contribution in [3.63, 3.8) is 0 Å². The van der Waals surface area contributed by atoms with Crippen LogP contribution in [-0.4, -0.2) is 42.5 Å². The topological polar surface area (TPSA) is 87.7 Å². The van der Waals surface area contributed by atoms with Gasteiger partial charge in [-0.25, -0.2) is 9.80 Å². The number of esters is 1. The second kappa shape index (κ2) is 6.89. The minimum Gasteiger partial charge on any atom is -0.462 e. The number of hydrogen-bond acceptors (Lipinski definition) is 6. The van der Waals surface area contributed by atoms with E-state index in [4.69, 9.17) is 4.74 Å². The fourth-order valence-electron chi connectivity index (χ4n) is 2.17. The summed E-state index contributed by atoms with van der Waals surface area (Å²) in [5, 5.41) is 4.68. The van der Waals surface area contributed by atoms with Gasteiger partial charge in [-0.2, -0.15) is 0 Å². The number of amides is 2. The van der Waals surface area contributed by atoms with Crippen LogP contribution in [-0.2, 0) is 20.7 Å². The number of hydrogen-bond donors (Lipinski definition) is 2. The second-order valence-corrected chi connectivity index (χ2v) is 6.02. The quantitative estimate of drug-likeness (QED) is 0.793. The molecule has 1 atom stereocenters. The Balaban J connectivity index is 2.17. The highest BCUT2D eigenvalue weighted by molar-refractivity contribution is 7.16. The van der Waals surface area contributed by atoms with E-state index in [0.717, 1.165) is 11.3 Å². The van der Waals surface area contributed by atoms with Gasteiger partial charge in [-0.3, -0.25) is 15.0 Å². The lowest BCUT2D eigenvalue weighted by Crippen LogP contribution is -2.41. The first-order chi connectivity index (χ1) is 10.5. The van der Waals surface area contributed by atoms with E-state index in [9.17, 15) is 14.4 Å². The normalized spacial score (nSPS) is 18.1. The van der Waals surface area contributed by atoms with Crippen LogP contribution in [0.3, 0.4) is 0 Å². The molecule has 0 saturated carbocycles. The first kappa shape index (κ1) is 16.4. The Bertz CT molecular complexity index is 599. The van der Waals surface area contributed by atoms with Gasteiger partial charge in [0.1, 0.15) is 11.0 Å². The van der Waals surface area contributed by atoms with Gasteiger partial charge >= 0.3 is 5.97 Å². The highest BCUT2D eigenvalue weighted by Gasteiger charge is 2.34. The van der Waals surface area contributed by atoms with Crippen LogP contribution in [0.15, 0.2) is 6.07 Å². The number of rotatable bonds is 5. The zero-order chi connectivity index (χ0) is 16.3. The molecule has 1 aromatic rings. The van der Waals surface area contributed by atoms with Gasteiger partial charge in [-0.15, -0.1) is 11.3 Å². The molecule has 2 N–H and O–H groups in total. The molecule has 0 bridgehead atoms. The molecule has 2 amide bonds. The fraction of sp³-hybridized carbons (Fsp3) is 0.500. The minimum atomic E-state index is -0.588. The first-order valence-electron chi connectivity index (χ1n) is 7.09. The third-order valence-electron chi connectivity index (χ3n) is 3.31. The molecule has 2 heterocycles. The van der Waals surface area contributed by atoms with Gasteiger partial charge in [-0.1, -0.05) is 6.92 Å². The van der Waals surface area contributed by atoms with E-state index in [-0.39, 0.29) is 24.8 Å². The largest absolute Gasteiger partial charge is 0.462 e. The third-order valence-corrected chi connectivity index (χ3v) is 4.51. The molecule has 8 heteroatoms. The van der Waals surface area contributed by atoms with Crippen molar-refractivity contribution in [1.82, 2.24) is 10.4 Å². The molecule has 1 saturated heterocycles. The summed E-state index contributed by atoms with van der Waals surface area (Å²) in [5.74, 6) is -0.979. The zero-order valence-electron chi connectivity index (χ0n) is 12.8. The number of carbonyl (C=O) groups excluding carboxylic acids is 3. The number of ether oxygens (including phenoxy) is 1. The zero-order valence-corrected chi connectivity index (χ0v) is 13.6. The maximum absolute atomic E-state index is 12.3. The van der Waals surface area contributed by atoms with Gasteiger partial charge in [0.25, 0.3) is 0 Å². The summed E-state index contributed by atoms with van der Waals surface area (Å²) in [5.41, 5.74) is 2.91. The molecule has 120 valence electrons. The van der Waals surface area contributed by atoms with Gasteiger partial charge in [0, 0.05) is 11.9 Å². The molecule has 22 heavy (non-hydrogen) atoms. The molecular formula is C14H19N3O4S. The van der Waals surface area contributed by atoms with Crippen LogP contribution in [0.2, 0.25) is 0 Å². The fourth-order valence-corrected chi connectivity index (χ4v) is 3.15. The van der Waals surface area contributed by atoms with E-state index in [1.807, 2.05) is 6.92 Å². The standard InChI is InChI=1S/C14H19N3O4S/c1-4-8-6-9(14(20)21-5-2)13(22-8)15-12(19)10-7-11(18)16-17(10)3/h6,10H,4-5,7H2,1-3H3,(H,15,19)(H,16,18)/t10-/m1/s1. The van der Waals surface area contributed by atoms with Crippen LogP contribution < -0.4 is 10.7 Å². The van der Waals surface area contributed by atoms with Crippen molar-refractivity contribution in [3.05, 3.63) is 16.5 Å². The van der Waals surface area contributed by atoms with Crippen molar-refractivity contribution in [2.24, 2.45) is 0 Å². The minimum absolute atomic E-state index is 0.100. The number of nitrogens with one attached hydrogen (secondary N) is 2. The molecule has 0 aliphatic carbocycles. The van der Waals surface area contributed by atoms with Crippen molar-refractivity contribution in [2.75, 3.05) is 19.0 Å². The highest BCUT2D eigenvalue weighted by Crippen LogP contribution is 2.30. The average molecular weight is 325 g/mol. The number of carbonyl (C=O) groups is 3. The number of anilines is 1. The third kappa shape index (κ3) is 3.45. The van der Waals surface area contributed by atoms with E-state index in [1.54, 1.807) is 20.0 Å². The number of likely N-dealkylation sites (N-methyl/N-ethyl adjacent to an activating group) is 1. The Morgan fingerprint density at radius 2 is 2.23 bits per heavy atom. The Hall–Kier alpha value is -1.93. The first-order valence-corrected chi connectivity index (χ1v) is 7.90. The summed E-state index contributed by atoms with van der Waals surface area (Å²) in [6, 6.07) is 1.15. The molecule has 1 fully saturated rings. The summed E-state index contributed by atoms with van der Waals surface area (Å²) in [6.07, 6.45) is 0.861. The SMILES string of the molecule is CCOC(=O)c1cc(CC)sc1NC(=O)[C@H]1CC(=O)NN1C. The highest BCUT2D eigenvalue weighted by atomic mass is 32.1. The number of nitrogens with zero attached hydrogens (tertiary/aromatic N) is 1. The number of aryl methyl sites for hydroxylation is 1. The van der Waals surface area contributed by atoms with Gasteiger partial charge in [0.15, 0.2) is 0 Å². The van der Waals surface area contributed by atoms with E-state index in [0.29, 0.717) is 10.6 Å². The van der Waals surface area contributed by atoms with Crippen molar-refractivity contribution in [1.29, 1.82) is 0 Å². The molecule has 1 aliphatic heterocycles. The predicted octanol–water partition coefficient (Wildman–Crippen LogP) is 1.16. The average Bonchev–Trinajstić information content (AvgIpc) is 3.02. The Morgan fingerprint density at radius 3 is 2.77 bits per heavy atom. The summed E-state index contributed by atoms with van der Waals surface area (Å²) < 4.78 is 5.01. The van der Waals surface area contributed by atoms with Gasteiger partial charge in [0.2, 0.25) is 11.8 Å². The van der Waals surface area contributed by atoms with E-state index in [1.165, 1.54) is 16.3 Å². The van der Waals surface area contributed by atoms with Gasteiger partial charge < -0.3 is 10.1 Å². The van der Waals surface area contributed by atoms with E-state index < -0.39 is 12.0 Å². The van der Waals surface area contributed by atoms with Crippen molar-refractivity contribution in [3.8, 4) is 0 Å². The van der Waals surface area contributed by atoms with Crippen LogP contribution >= 0.6 is 11.3 Å². The molecule has 2 rings (SSSR count). The van der Waals surface area contributed by atoms with Crippen LogP contribution in [0.4, 0.5) is 5.00 Å². The molecule has 7 nitrogen and oxygen atoms in total. The van der Waals surface area contributed by atoms with Crippen LogP contribution in [0.1, 0.15) is 35.5 Å². The number of thiophene rings is 1. The lowest BCUT2D eigenvalue weighted by atomic mass is 10.2. The Labute approximate surface area is 132 Å². The van der Waals surface area contributed by atoms with Gasteiger partial charge in [-0.05, 0) is 19.4 Å². The van der Waals surface area contributed by atoms with Crippen molar-refractivity contribution in [2.45, 2.75) is 32.7 Å². The summed E-state index contributed by atoms with van der Waals surface area (Å²) in [7, 11) is 1.63. The smallest absolute Gasteiger partial charge is 0.341 e. The Kier molecular flexibility index (Phi) is 5.15. The molecule has 1 aliphatic rings. The molecule has 0 unspecified atom stereocenters. The maximum atomic E-state index is 12.3. The molecular weight excluding hydrogens is 306 g/mol. The van der Waals surface area contributed by atoms with Crippen LogP contribution in [0.5, 0.6) is 0 Å². The van der Waals surface area contributed by atoms with E-state index >= 15 is 0 Å². The molecule has 0 aromatic carbocycles. The molecule has 1 aromatic heterocycles. The summed E-state index contributed by atoms with van der Waals surface area (Å²) >= 11 is 1.35.